The van der Waals surface area contributed by atoms with E-state index in [0.717, 1.165) is 31.2 Å². The molecule has 1 aliphatic carbocycles. The molecule has 0 aliphatic heterocycles. The van der Waals surface area contributed by atoms with Crippen LogP contribution < -0.4 is 15.4 Å². The first-order valence-corrected chi connectivity index (χ1v) is 12.6. The van der Waals surface area contributed by atoms with Gasteiger partial charge in [0.25, 0.3) is 5.91 Å². The van der Waals surface area contributed by atoms with E-state index in [1.807, 2.05) is 18.2 Å². The summed E-state index contributed by atoms with van der Waals surface area (Å²) < 4.78 is 27.9. The summed E-state index contributed by atoms with van der Waals surface area (Å²) in [4.78, 5) is 24.5. The van der Waals surface area contributed by atoms with Crippen LogP contribution in [0.3, 0.4) is 0 Å². The summed E-state index contributed by atoms with van der Waals surface area (Å²) in [6.45, 7) is 0.670. The number of carbonyl (C=O) groups is 2. The van der Waals surface area contributed by atoms with E-state index in [9.17, 15) is 18.0 Å². The Morgan fingerprint density at radius 1 is 0.938 bits per heavy atom. The Balaban J connectivity index is 1.54. The zero-order chi connectivity index (χ0) is 23.0. The molecule has 1 aliphatic rings. The third-order valence-electron chi connectivity index (χ3n) is 5.48. The Hall–Kier alpha value is -2.42. The quantitative estimate of drug-likeness (QED) is 0.482. The van der Waals surface area contributed by atoms with Gasteiger partial charge >= 0.3 is 0 Å². The van der Waals surface area contributed by atoms with Crippen LogP contribution in [0.1, 0.15) is 48.0 Å². The van der Waals surface area contributed by atoms with Gasteiger partial charge in [-0.25, -0.2) is 13.1 Å². The van der Waals surface area contributed by atoms with E-state index < -0.39 is 15.9 Å². The van der Waals surface area contributed by atoms with Crippen molar-refractivity contribution in [2.75, 3.05) is 13.1 Å². The smallest absolute Gasteiger partial charge is 0.251 e. The standard InChI is InChI=1S/C23H28ClN3O4S/c24-20-12-11-19(15-21(20)32(30,31)27-16-17-7-3-1-4-8-17)23(29)26-14-13-25-22(28)18-9-5-2-6-10-18/h1,3-4,7-8,11-12,15,18,27H,2,5-6,9-10,13-14,16H2,(H,25,28)(H,26,29). The first kappa shape index (κ1) is 24.2. The van der Waals surface area contributed by atoms with Crippen LogP contribution in [0, 0.1) is 5.92 Å². The number of nitrogens with one attached hydrogen (secondary N) is 3. The molecule has 0 bridgehead atoms. The molecule has 2 aromatic carbocycles. The van der Waals surface area contributed by atoms with Gasteiger partial charge in [-0.05, 0) is 36.6 Å². The van der Waals surface area contributed by atoms with Crippen LogP contribution in [0.25, 0.3) is 0 Å². The molecule has 2 amide bonds. The average molecular weight is 478 g/mol. The molecule has 172 valence electrons. The summed E-state index contributed by atoms with van der Waals surface area (Å²) in [6.07, 6.45) is 5.17. The fraction of sp³-hybridized carbons (Fsp3) is 0.391. The van der Waals surface area contributed by atoms with E-state index in [1.165, 1.54) is 24.6 Å². The van der Waals surface area contributed by atoms with E-state index in [0.29, 0.717) is 6.54 Å². The van der Waals surface area contributed by atoms with E-state index in [2.05, 4.69) is 15.4 Å². The molecular weight excluding hydrogens is 450 g/mol. The summed E-state index contributed by atoms with van der Waals surface area (Å²) in [5.74, 6) is -0.344. The molecule has 0 heterocycles. The minimum absolute atomic E-state index is 0.0295. The number of carbonyl (C=O) groups excluding carboxylic acids is 2. The van der Waals surface area contributed by atoms with Crippen molar-refractivity contribution in [2.45, 2.75) is 43.5 Å². The maximum atomic E-state index is 12.7. The molecule has 32 heavy (non-hydrogen) atoms. The highest BCUT2D eigenvalue weighted by Gasteiger charge is 2.21. The van der Waals surface area contributed by atoms with Crippen molar-refractivity contribution in [3.8, 4) is 0 Å². The van der Waals surface area contributed by atoms with Crippen molar-refractivity contribution in [1.29, 1.82) is 0 Å². The number of benzene rings is 2. The highest BCUT2D eigenvalue weighted by Crippen LogP contribution is 2.24. The molecule has 3 N–H and O–H groups in total. The summed E-state index contributed by atoms with van der Waals surface area (Å²) in [5.41, 5.74) is 0.976. The van der Waals surface area contributed by atoms with Crippen molar-refractivity contribution < 1.29 is 18.0 Å². The summed E-state index contributed by atoms with van der Waals surface area (Å²) in [6, 6.07) is 13.2. The topological polar surface area (TPSA) is 104 Å². The van der Waals surface area contributed by atoms with Crippen LogP contribution >= 0.6 is 11.6 Å². The fourth-order valence-electron chi connectivity index (χ4n) is 3.68. The van der Waals surface area contributed by atoms with E-state index in [1.54, 1.807) is 12.1 Å². The second-order valence-corrected chi connectivity index (χ2v) is 9.98. The Morgan fingerprint density at radius 2 is 1.62 bits per heavy atom. The average Bonchev–Trinajstić information content (AvgIpc) is 2.81. The van der Waals surface area contributed by atoms with Crippen LogP contribution in [-0.2, 0) is 21.4 Å². The fourth-order valence-corrected chi connectivity index (χ4v) is 5.22. The van der Waals surface area contributed by atoms with Gasteiger partial charge in [-0.1, -0.05) is 61.2 Å². The van der Waals surface area contributed by atoms with E-state index in [4.69, 9.17) is 11.6 Å². The molecule has 0 aromatic heterocycles. The molecule has 3 rings (SSSR count). The maximum Gasteiger partial charge on any atom is 0.251 e. The molecular formula is C23H28ClN3O4S. The number of amides is 2. The summed E-state index contributed by atoms with van der Waals surface area (Å²) >= 11 is 6.10. The Kier molecular flexibility index (Phi) is 8.67. The molecule has 0 spiro atoms. The minimum atomic E-state index is -3.91. The number of rotatable bonds is 9. The van der Waals surface area contributed by atoms with E-state index >= 15 is 0 Å². The summed E-state index contributed by atoms with van der Waals surface area (Å²) in [5, 5.41) is 5.59. The van der Waals surface area contributed by atoms with Gasteiger partial charge in [-0.2, -0.15) is 0 Å². The normalized spacial score (nSPS) is 14.7. The second-order valence-electron chi connectivity index (χ2n) is 7.84. The summed E-state index contributed by atoms with van der Waals surface area (Å²) in [7, 11) is -3.91. The minimum Gasteiger partial charge on any atom is -0.354 e. The number of halogens is 1. The van der Waals surface area contributed by atoms with Gasteiger partial charge in [0.1, 0.15) is 4.90 Å². The molecule has 0 radical (unpaired) electrons. The molecule has 0 unspecified atom stereocenters. The third kappa shape index (κ3) is 6.79. The molecule has 7 nitrogen and oxygen atoms in total. The van der Waals surface area contributed by atoms with Gasteiger partial charge in [-0.15, -0.1) is 0 Å². The highest BCUT2D eigenvalue weighted by molar-refractivity contribution is 7.89. The molecule has 0 saturated heterocycles. The largest absolute Gasteiger partial charge is 0.354 e. The van der Waals surface area contributed by atoms with Crippen LogP contribution in [0.15, 0.2) is 53.4 Å². The maximum absolute atomic E-state index is 12.7. The third-order valence-corrected chi connectivity index (χ3v) is 7.36. The lowest BCUT2D eigenvalue weighted by molar-refractivity contribution is -0.125. The monoisotopic (exact) mass is 477 g/mol. The Morgan fingerprint density at radius 3 is 2.34 bits per heavy atom. The predicted molar refractivity (Wildman–Crippen MR) is 124 cm³/mol. The zero-order valence-corrected chi connectivity index (χ0v) is 19.3. The van der Waals surface area contributed by atoms with Crippen molar-refractivity contribution in [3.05, 3.63) is 64.7 Å². The highest BCUT2D eigenvalue weighted by atomic mass is 35.5. The first-order chi connectivity index (χ1) is 15.4. The van der Waals surface area contributed by atoms with Crippen molar-refractivity contribution in [3.63, 3.8) is 0 Å². The van der Waals surface area contributed by atoms with Gasteiger partial charge in [0, 0.05) is 31.1 Å². The number of hydrogen-bond acceptors (Lipinski definition) is 4. The molecule has 2 aromatic rings. The van der Waals surface area contributed by atoms with Gasteiger partial charge in [-0.3, -0.25) is 9.59 Å². The predicted octanol–water partition coefficient (Wildman–Crippen LogP) is 3.24. The number of sulfonamides is 1. The zero-order valence-electron chi connectivity index (χ0n) is 17.8. The van der Waals surface area contributed by atoms with Crippen molar-refractivity contribution in [2.24, 2.45) is 5.92 Å². The molecule has 1 saturated carbocycles. The Bertz CT molecular complexity index is 1040. The molecule has 0 atom stereocenters. The van der Waals surface area contributed by atoms with Crippen LogP contribution in [-0.4, -0.2) is 33.3 Å². The van der Waals surface area contributed by atoms with Gasteiger partial charge in [0.05, 0.1) is 5.02 Å². The van der Waals surface area contributed by atoms with E-state index in [-0.39, 0.29) is 40.4 Å². The lowest BCUT2D eigenvalue weighted by Crippen LogP contribution is -2.38. The van der Waals surface area contributed by atoms with Gasteiger partial charge in [0.2, 0.25) is 15.9 Å². The lowest BCUT2D eigenvalue weighted by Gasteiger charge is -2.20. The number of hydrogen-bond donors (Lipinski definition) is 3. The van der Waals surface area contributed by atoms with Gasteiger partial charge < -0.3 is 10.6 Å². The van der Waals surface area contributed by atoms with Crippen molar-refractivity contribution in [1.82, 2.24) is 15.4 Å². The van der Waals surface area contributed by atoms with Crippen LogP contribution in [0.2, 0.25) is 5.02 Å². The van der Waals surface area contributed by atoms with Crippen molar-refractivity contribution >= 4 is 33.4 Å². The molecule has 9 heteroatoms. The SMILES string of the molecule is O=C(NCCNC(=O)C1CCCCC1)c1ccc(Cl)c(S(=O)(=O)NCc2ccccc2)c1. The molecule has 1 fully saturated rings. The second kappa shape index (κ2) is 11.4. The van der Waals surface area contributed by atoms with Crippen LogP contribution in [0.5, 0.6) is 0 Å². The van der Waals surface area contributed by atoms with Crippen LogP contribution in [0.4, 0.5) is 0 Å². The van der Waals surface area contributed by atoms with Gasteiger partial charge in [0.15, 0.2) is 0 Å². The lowest BCUT2D eigenvalue weighted by atomic mass is 9.89. The Labute approximate surface area is 194 Å². The first-order valence-electron chi connectivity index (χ1n) is 10.8.